The van der Waals surface area contributed by atoms with Gasteiger partial charge in [0.1, 0.15) is 5.84 Å². The molecular formula is C17H25N3O2. The lowest BCUT2D eigenvalue weighted by molar-refractivity contribution is -0.170. The summed E-state index contributed by atoms with van der Waals surface area (Å²) in [5.74, 6) is 2.04. The Bertz CT molecular complexity index is 546. The van der Waals surface area contributed by atoms with Crippen molar-refractivity contribution >= 4 is 11.7 Å². The first-order valence-electron chi connectivity index (χ1n) is 8.86. The summed E-state index contributed by atoms with van der Waals surface area (Å²) in [5, 5.41) is 19.7. The van der Waals surface area contributed by atoms with Crippen molar-refractivity contribution in [3.63, 3.8) is 0 Å². The molecule has 0 aromatic rings. The van der Waals surface area contributed by atoms with Crippen molar-refractivity contribution in [1.82, 2.24) is 9.80 Å². The summed E-state index contributed by atoms with van der Waals surface area (Å²) in [5.41, 5.74) is -0.638. The lowest BCUT2D eigenvalue weighted by atomic mass is 9.50. The first-order valence-corrected chi connectivity index (χ1v) is 8.86. The standard InChI is InChI=1S/C17H25N3O2/c18-15-13-2-1-3-19(13)14(21)9-20(15)16-5-11-4-12(6-16)8-17(22,7-11)10-16/h11-13,18,22H,1-10H2/t11?,12?,13-,16?,17?/m0/s1. The van der Waals surface area contributed by atoms with Crippen LogP contribution in [0.15, 0.2) is 0 Å². The number of carbonyl (C=O) groups is 1. The molecule has 6 rings (SSSR count). The highest BCUT2D eigenvalue weighted by Gasteiger charge is 2.61. The Hall–Kier alpha value is -1.10. The second-order valence-electron chi connectivity index (χ2n) is 8.63. The molecule has 2 heterocycles. The van der Waals surface area contributed by atoms with Crippen molar-refractivity contribution in [1.29, 1.82) is 5.41 Å². The molecular weight excluding hydrogens is 278 g/mol. The van der Waals surface area contributed by atoms with Crippen molar-refractivity contribution < 1.29 is 9.90 Å². The molecule has 4 bridgehead atoms. The van der Waals surface area contributed by atoms with Gasteiger partial charge in [0, 0.05) is 12.1 Å². The molecule has 6 fully saturated rings. The number of nitrogens with zero attached hydrogens (tertiary/aromatic N) is 2. The minimum absolute atomic E-state index is 0.00361. The van der Waals surface area contributed by atoms with Gasteiger partial charge in [0.25, 0.3) is 0 Å². The van der Waals surface area contributed by atoms with Crippen LogP contribution in [0.4, 0.5) is 0 Å². The summed E-state index contributed by atoms with van der Waals surface area (Å²) in [6.45, 7) is 1.19. The van der Waals surface area contributed by atoms with Gasteiger partial charge in [-0.3, -0.25) is 10.2 Å². The molecule has 2 N–H and O–H groups in total. The van der Waals surface area contributed by atoms with Crippen molar-refractivity contribution in [3.8, 4) is 0 Å². The fourth-order valence-electron chi connectivity index (χ4n) is 6.75. The van der Waals surface area contributed by atoms with Crippen LogP contribution in [0.25, 0.3) is 0 Å². The molecule has 2 saturated heterocycles. The highest BCUT2D eigenvalue weighted by Crippen LogP contribution is 2.59. The number of nitrogens with one attached hydrogen (secondary N) is 1. The molecule has 0 aromatic carbocycles. The molecule has 22 heavy (non-hydrogen) atoms. The Balaban J connectivity index is 1.51. The maximum Gasteiger partial charge on any atom is 0.242 e. The monoisotopic (exact) mass is 303 g/mol. The summed E-state index contributed by atoms with van der Waals surface area (Å²) in [4.78, 5) is 16.6. The van der Waals surface area contributed by atoms with E-state index >= 15 is 0 Å². The van der Waals surface area contributed by atoms with Crippen LogP contribution in [0.1, 0.15) is 51.4 Å². The SMILES string of the molecule is N=C1[C@@H]2CCCN2C(=O)CN1C12CC3CC(CC(O)(C3)C1)C2. The Labute approximate surface area is 131 Å². The minimum Gasteiger partial charge on any atom is -0.390 e. The molecule has 4 aliphatic carbocycles. The summed E-state index contributed by atoms with van der Waals surface area (Å²) < 4.78 is 0. The molecule has 0 radical (unpaired) electrons. The van der Waals surface area contributed by atoms with E-state index in [-0.39, 0.29) is 17.5 Å². The van der Waals surface area contributed by atoms with Crippen LogP contribution in [0.5, 0.6) is 0 Å². The fraction of sp³-hybridized carbons (Fsp3) is 0.882. The van der Waals surface area contributed by atoms with Gasteiger partial charge < -0.3 is 14.9 Å². The van der Waals surface area contributed by atoms with E-state index in [2.05, 4.69) is 4.90 Å². The number of aliphatic hydroxyl groups is 1. The van der Waals surface area contributed by atoms with Gasteiger partial charge in [-0.2, -0.15) is 0 Å². The molecule has 3 atom stereocenters. The molecule has 0 aromatic heterocycles. The zero-order valence-corrected chi connectivity index (χ0v) is 13.1. The largest absolute Gasteiger partial charge is 0.390 e. The quantitative estimate of drug-likeness (QED) is 0.768. The summed E-state index contributed by atoms with van der Waals surface area (Å²) in [6.07, 6.45) is 8.02. The van der Waals surface area contributed by atoms with E-state index in [4.69, 9.17) is 5.41 Å². The van der Waals surface area contributed by atoms with Crippen LogP contribution in [0.2, 0.25) is 0 Å². The van der Waals surface area contributed by atoms with Crippen LogP contribution in [0.3, 0.4) is 0 Å². The minimum atomic E-state index is -0.528. The van der Waals surface area contributed by atoms with Crippen LogP contribution in [-0.2, 0) is 4.79 Å². The topological polar surface area (TPSA) is 67.6 Å². The highest BCUT2D eigenvalue weighted by atomic mass is 16.3. The van der Waals surface area contributed by atoms with E-state index in [1.54, 1.807) is 0 Å². The summed E-state index contributed by atoms with van der Waals surface area (Å²) in [6, 6.07) is 0.00361. The first kappa shape index (κ1) is 13.3. The summed E-state index contributed by atoms with van der Waals surface area (Å²) >= 11 is 0. The third-order valence-electron chi connectivity index (χ3n) is 7.04. The molecule has 5 nitrogen and oxygen atoms in total. The summed E-state index contributed by atoms with van der Waals surface area (Å²) in [7, 11) is 0. The average Bonchev–Trinajstić information content (AvgIpc) is 2.90. The number of hydrogen-bond acceptors (Lipinski definition) is 3. The Kier molecular flexibility index (Phi) is 2.46. The van der Waals surface area contributed by atoms with Crippen molar-refractivity contribution in [2.75, 3.05) is 13.1 Å². The molecule has 6 aliphatic rings. The number of piperazine rings is 1. The number of fused-ring (bicyclic) bond motifs is 1. The average molecular weight is 303 g/mol. The molecule has 2 unspecified atom stereocenters. The van der Waals surface area contributed by atoms with E-state index in [1.165, 1.54) is 6.42 Å². The van der Waals surface area contributed by atoms with Crippen LogP contribution in [0, 0.1) is 17.2 Å². The maximum atomic E-state index is 12.5. The lowest BCUT2D eigenvalue weighted by Crippen LogP contribution is -2.71. The van der Waals surface area contributed by atoms with Crippen LogP contribution >= 0.6 is 0 Å². The predicted octanol–water partition coefficient (Wildman–Crippen LogP) is 1.35. The second-order valence-corrected chi connectivity index (χ2v) is 8.63. The number of carbonyl (C=O) groups excluding carboxylic acids is 1. The van der Waals surface area contributed by atoms with Gasteiger partial charge in [-0.1, -0.05) is 0 Å². The van der Waals surface area contributed by atoms with Crippen molar-refractivity contribution in [2.45, 2.75) is 68.5 Å². The molecule has 4 saturated carbocycles. The molecule has 120 valence electrons. The van der Waals surface area contributed by atoms with E-state index in [0.29, 0.717) is 24.2 Å². The fourth-order valence-corrected chi connectivity index (χ4v) is 6.75. The third-order valence-corrected chi connectivity index (χ3v) is 7.04. The smallest absolute Gasteiger partial charge is 0.242 e. The van der Waals surface area contributed by atoms with Gasteiger partial charge in [0.2, 0.25) is 5.91 Å². The third kappa shape index (κ3) is 1.63. The number of amides is 1. The van der Waals surface area contributed by atoms with E-state index in [9.17, 15) is 9.90 Å². The van der Waals surface area contributed by atoms with Gasteiger partial charge in [-0.25, -0.2) is 0 Å². The van der Waals surface area contributed by atoms with Crippen molar-refractivity contribution in [2.24, 2.45) is 11.8 Å². The number of amidine groups is 1. The van der Waals surface area contributed by atoms with Gasteiger partial charge in [-0.05, 0) is 63.2 Å². The highest BCUT2D eigenvalue weighted by molar-refractivity contribution is 5.97. The van der Waals surface area contributed by atoms with Crippen LogP contribution in [-0.4, -0.2) is 56.9 Å². The Morgan fingerprint density at radius 2 is 1.91 bits per heavy atom. The Morgan fingerprint density at radius 3 is 2.59 bits per heavy atom. The van der Waals surface area contributed by atoms with Gasteiger partial charge in [0.05, 0.1) is 18.2 Å². The van der Waals surface area contributed by atoms with Crippen molar-refractivity contribution in [3.05, 3.63) is 0 Å². The van der Waals surface area contributed by atoms with E-state index in [0.717, 1.165) is 51.5 Å². The zero-order valence-electron chi connectivity index (χ0n) is 13.1. The van der Waals surface area contributed by atoms with E-state index in [1.807, 2.05) is 4.90 Å². The molecule has 0 spiro atoms. The predicted molar refractivity (Wildman–Crippen MR) is 81.5 cm³/mol. The van der Waals surface area contributed by atoms with Gasteiger partial charge in [0.15, 0.2) is 0 Å². The first-order chi connectivity index (χ1) is 10.5. The molecule has 1 amide bonds. The van der Waals surface area contributed by atoms with Gasteiger partial charge in [-0.15, -0.1) is 0 Å². The maximum absolute atomic E-state index is 12.5. The molecule has 5 heteroatoms. The second kappa shape index (κ2) is 4.05. The normalized spacial score (nSPS) is 50.0. The Morgan fingerprint density at radius 1 is 1.18 bits per heavy atom. The van der Waals surface area contributed by atoms with Crippen LogP contribution < -0.4 is 0 Å². The molecule has 2 aliphatic heterocycles. The number of rotatable bonds is 1. The van der Waals surface area contributed by atoms with Gasteiger partial charge >= 0.3 is 0 Å². The van der Waals surface area contributed by atoms with E-state index < -0.39 is 5.60 Å². The zero-order chi connectivity index (χ0) is 15.1. The number of hydrogen-bond donors (Lipinski definition) is 2. The lowest BCUT2D eigenvalue weighted by Gasteiger charge is -2.64.